The maximum atomic E-state index is 13.5. The van der Waals surface area contributed by atoms with Crippen LogP contribution in [0.2, 0.25) is 5.02 Å². The summed E-state index contributed by atoms with van der Waals surface area (Å²) in [5, 5.41) is 3.40. The van der Waals surface area contributed by atoms with Crippen LogP contribution in [0.1, 0.15) is 38.3 Å². The Morgan fingerprint density at radius 2 is 1.58 bits per heavy atom. The number of carbonyl (C=O) groups excluding carboxylic acids is 2. The Labute approximate surface area is 219 Å². The van der Waals surface area contributed by atoms with E-state index in [4.69, 9.17) is 16.3 Å². The quantitative estimate of drug-likeness (QED) is 0.372. The predicted molar refractivity (Wildman–Crippen MR) is 142 cm³/mol. The van der Waals surface area contributed by atoms with Crippen LogP contribution in [-0.2, 0) is 37.4 Å². The summed E-state index contributed by atoms with van der Waals surface area (Å²) < 4.78 is 31.6. The molecule has 0 radical (unpaired) electrons. The molecule has 0 aliphatic carbocycles. The summed E-state index contributed by atoms with van der Waals surface area (Å²) in [6.45, 7) is 6.24. The standard InChI is InChI=1S/C26H36ClN3O5S/c1-20(2)35-16-8-15-28-26(32)21(3)30(18-23-11-13-24(27)14-12-23)25(31)19-29(36(4,33)34)17-22-9-6-5-7-10-22/h5-7,9-14,20-21H,8,15-19H2,1-4H3,(H,28,32)/t21-/m0/s1. The predicted octanol–water partition coefficient (Wildman–Crippen LogP) is 3.45. The second kappa shape index (κ2) is 14.3. The third-order valence-electron chi connectivity index (χ3n) is 5.49. The number of hydrogen-bond acceptors (Lipinski definition) is 5. The maximum absolute atomic E-state index is 13.5. The Balaban J connectivity index is 2.18. The van der Waals surface area contributed by atoms with Crippen LogP contribution in [0.3, 0.4) is 0 Å². The molecule has 1 N–H and O–H groups in total. The molecular weight excluding hydrogens is 502 g/mol. The number of halogens is 1. The molecule has 0 spiro atoms. The van der Waals surface area contributed by atoms with E-state index < -0.39 is 22.0 Å². The fourth-order valence-corrected chi connectivity index (χ4v) is 4.29. The third kappa shape index (κ3) is 10.3. The number of benzene rings is 2. The van der Waals surface area contributed by atoms with E-state index in [0.717, 1.165) is 21.7 Å². The average molecular weight is 538 g/mol. The number of rotatable bonds is 14. The Kier molecular flexibility index (Phi) is 11.8. The summed E-state index contributed by atoms with van der Waals surface area (Å²) in [6.07, 6.45) is 1.82. The molecule has 0 saturated heterocycles. The molecule has 0 heterocycles. The molecule has 0 aliphatic heterocycles. The number of sulfonamides is 1. The molecule has 0 fully saturated rings. The summed E-state index contributed by atoms with van der Waals surface area (Å²) in [5.74, 6) is -0.798. The van der Waals surface area contributed by atoms with Crippen LogP contribution in [0, 0.1) is 0 Å². The number of carbonyl (C=O) groups is 2. The highest BCUT2D eigenvalue weighted by Crippen LogP contribution is 2.16. The summed E-state index contributed by atoms with van der Waals surface area (Å²) in [5.41, 5.74) is 1.53. The lowest BCUT2D eigenvalue weighted by molar-refractivity contribution is -0.140. The lowest BCUT2D eigenvalue weighted by Crippen LogP contribution is -2.51. The number of nitrogens with one attached hydrogen (secondary N) is 1. The van der Waals surface area contributed by atoms with Gasteiger partial charge in [-0.1, -0.05) is 54.1 Å². The summed E-state index contributed by atoms with van der Waals surface area (Å²) >= 11 is 5.99. The molecule has 2 rings (SSSR count). The third-order valence-corrected chi connectivity index (χ3v) is 6.94. The molecular formula is C26H36ClN3O5S. The summed E-state index contributed by atoms with van der Waals surface area (Å²) in [7, 11) is -3.69. The topological polar surface area (TPSA) is 96.0 Å². The van der Waals surface area contributed by atoms with E-state index in [1.165, 1.54) is 4.90 Å². The molecule has 198 valence electrons. The summed E-state index contributed by atoms with van der Waals surface area (Å²) in [6, 6.07) is 15.2. The van der Waals surface area contributed by atoms with E-state index in [0.29, 0.717) is 24.6 Å². The van der Waals surface area contributed by atoms with Crippen molar-refractivity contribution in [3.8, 4) is 0 Å². The fourth-order valence-electron chi connectivity index (χ4n) is 3.44. The van der Waals surface area contributed by atoms with Gasteiger partial charge in [0.15, 0.2) is 0 Å². The van der Waals surface area contributed by atoms with Crippen LogP contribution in [0.5, 0.6) is 0 Å². The van der Waals surface area contributed by atoms with Gasteiger partial charge in [0.2, 0.25) is 21.8 Å². The molecule has 2 aromatic rings. The van der Waals surface area contributed by atoms with E-state index in [9.17, 15) is 18.0 Å². The highest BCUT2D eigenvalue weighted by atomic mass is 35.5. The Morgan fingerprint density at radius 3 is 2.17 bits per heavy atom. The van der Waals surface area contributed by atoms with Gasteiger partial charge in [0, 0.05) is 31.3 Å². The highest BCUT2D eigenvalue weighted by Gasteiger charge is 2.29. The molecule has 0 bridgehead atoms. The van der Waals surface area contributed by atoms with E-state index >= 15 is 0 Å². The molecule has 0 unspecified atom stereocenters. The van der Waals surface area contributed by atoms with Crippen LogP contribution in [0.4, 0.5) is 0 Å². The van der Waals surface area contributed by atoms with Gasteiger partial charge in [-0.3, -0.25) is 9.59 Å². The van der Waals surface area contributed by atoms with Gasteiger partial charge in [-0.05, 0) is 50.5 Å². The van der Waals surface area contributed by atoms with Crippen molar-refractivity contribution in [1.29, 1.82) is 0 Å². The first kappa shape index (κ1) is 29.8. The number of ether oxygens (including phenoxy) is 1. The SMILES string of the molecule is CC(C)OCCCNC(=O)[C@H](C)N(Cc1ccc(Cl)cc1)C(=O)CN(Cc1ccccc1)S(C)(=O)=O. The van der Waals surface area contributed by atoms with Crippen molar-refractivity contribution in [3.05, 3.63) is 70.7 Å². The minimum atomic E-state index is -3.69. The van der Waals surface area contributed by atoms with Crippen molar-refractivity contribution in [2.45, 2.75) is 52.4 Å². The van der Waals surface area contributed by atoms with Gasteiger partial charge in [0.05, 0.1) is 18.9 Å². The van der Waals surface area contributed by atoms with E-state index in [1.807, 2.05) is 32.0 Å². The van der Waals surface area contributed by atoms with Crippen molar-refractivity contribution in [3.63, 3.8) is 0 Å². The van der Waals surface area contributed by atoms with Crippen molar-refractivity contribution in [2.75, 3.05) is 26.0 Å². The molecule has 1 atom stereocenters. The number of amides is 2. The van der Waals surface area contributed by atoms with E-state index in [-0.39, 0.29) is 31.6 Å². The van der Waals surface area contributed by atoms with Crippen LogP contribution < -0.4 is 5.32 Å². The monoisotopic (exact) mass is 537 g/mol. The van der Waals surface area contributed by atoms with Crippen molar-refractivity contribution in [2.24, 2.45) is 0 Å². The first-order valence-electron chi connectivity index (χ1n) is 11.9. The molecule has 8 nitrogen and oxygen atoms in total. The van der Waals surface area contributed by atoms with E-state index in [1.54, 1.807) is 43.3 Å². The largest absolute Gasteiger partial charge is 0.379 e. The van der Waals surface area contributed by atoms with Crippen LogP contribution >= 0.6 is 11.6 Å². The normalized spacial score (nSPS) is 12.5. The molecule has 36 heavy (non-hydrogen) atoms. The average Bonchev–Trinajstić information content (AvgIpc) is 2.82. The molecule has 10 heteroatoms. The zero-order chi connectivity index (χ0) is 26.7. The molecule has 2 amide bonds. The van der Waals surface area contributed by atoms with Crippen LogP contribution in [0.25, 0.3) is 0 Å². The van der Waals surface area contributed by atoms with E-state index in [2.05, 4.69) is 5.32 Å². The fraction of sp³-hybridized carbons (Fsp3) is 0.462. The first-order valence-corrected chi connectivity index (χ1v) is 14.1. The van der Waals surface area contributed by atoms with Gasteiger partial charge in [-0.15, -0.1) is 0 Å². The number of nitrogens with zero attached hydrogens (tertiary/aromatic N) is 2. The first-order chi connectivity index (χ1) is 17.0. The second-order valence-electron chi connectivity index (χ2n) is 8.90. The minimum Gasteiger partial charge on any atom is -0.379 e. The van der Waals surface area contributed by atoms with Crippen LogP contribution in [0.15, 0.2) is 54.6 Å². The Morgan fingerprint density at radius 1 is 0.972 bits per heavy atom. The Bertz CT molecular complexity index is 1080. The zero-order valence-corrected chi connectivity index (χ0v) is 22.9. The van der Waals surface area contributed by atoms with Gasteiger partial charge < -0.3 is 15.0 Å². The maximum Gasteiger partial charge on any atom is 0.242 e. The van der Waals surface area contributed by atoms with Crippen molar-refractivity contribution >= 4 is 33.4 Å². The van der Waals surface area contributed by atoms with Crippen molar-refractivity contribution < 1.29 is 22.7 Å². The van der Waals surface area contributed by atoms with Crippen LogP contribution in [-0.4, -0.2) is 67.5 Å². The minimum absolute atomic E-state index is 0.0522. The molecule has 0 aliphatic rings. The lowest BCUT2D eigenvalue weighted by atomic mass is 10.1. The molecule has 0 aromatic heterocycles. The van der Waals surface area contributed by atoms with Gasteiger partial charge in [0.25, 0.3) is 0 Å². The summed E-state index contributed by atoms with van der Waals surface area (Å²) in [4.78, 5) is 27.8. The van der Waals surface area contributed by atoms with Gasteiger partial charge >= 0.3 is 0 Å². The number of hydrogen-bond donors (Lipinski definition) is 1. The Hall–Kier alpha value is -2.46. The highest BCUT2D eigenvalue weighted by molar-refractivity contribution is 7.88. The van der Waals surface area contributed by atoms with Crippen molar-refractivity contribution in [1.82, 2.24) is 14.5 Å². The molecule has 0 saturated carbocycles. The zero-order valence-electron chi connectivity index (χ0n) is 21.3. The van der Waals surface area contributed by atoms with Gasteiger partial charge in [-0.2, -0.15) is 4.31 Å². The van der Waals surface area contributed by atoms with Gasteiger partial charge in [0.1, 0.15) is 6.04 Å². The second-order valence-corrected chi connectivity index (χ2v) is 11.3. The van der Waals surface area contributed by atoms with Gasteiger partial charge in [-0.25, -0.2) is 8.42 Å². The molecule has 2 aromatic carbocycles. The smallest absolute Gasteiger partial charge is 0.242 e. The lowest BCUT2D eigenvalue weighted by Gasteiger charge is -2.31.